The highest BCUT2D eigenvalue weighted by molar-refractivity contribution is 5.87. The molecule has 0 aromatic heterocycles. The number of hydrogen-bond donors (Lipinski definition) is 1. The molecule has 11 heavy (non-hydrogen) atoms. The van der Waals surface area contributed by atoms with E-state index in [1.165, 1.54) is 7.11 Å². The molecule has 1 atom stereocenters. The number of carbonyl (C=O) groups is 1. The van der Waals surface area contributed by atoms with Crippen molar-refractivity contribution in [3.8, 4) is 0 Å². The Hall–Kier alpha value is -0.410. The van der Waals surface area contributed by atoms with Crippen molar-refractivity contribution in [2.45, 2.75) is 26.9 Å². The average Bonchev–Trinajstić information content (AvgIpc) is 1.85. The zero-order chi connectivity index (χ0) is 9.07. The number of Topliss-reactive ketones (excluding diaryl/α,β-unsaturated/α-hetero) is 1. The predicted octanol–water partition coefficient (Wildman–Crippen LogP) is 0.609. The van der Waals surface area contributed by atoms with Gasteiger partial charge >= 0.3 is 0 Å². The summed E-state index contributed by atoms with van der Waals surface area (Å²) in [7, 11) is 1.46. The monoisotopic (exact) mass is 160 g/mol. The van der Waals surface area contributed by atoms with Crippen LogP contribution in [0, 0.1) is 5.41 Å². The molecule has 3 heteroatoms. The number of ether oxygens (including phenoxy) is 1. The molecule has 0 aromatic carbocycles. The van der Waals surface area contributed by atoms with Crippen molar-refractivity contribution in [2.24, 2.45) is 5.41 Å². The van der Waals surface area contributed by atoms with E-state index in [1.54, 1.807) is 20.8 Å². The van der Waals surface area contributed by atoms with Crippen molar-refractivity contribution in [1.29, 1.82) is 0 Å². The fourth-order valence-corrected chi connectivity index (χ4v) is 0.733. The molecule has 0 amide bonds. The standard InChI is InChI=1S/C8H16O3/c1-8(2,3)7(10)6(9)5-11-4/h6,9H,5H2,1-4H3/t6-/m1/s1. The van der Waals surface area contributed by atoms with Crippen LogP contribution in [0.4, 0.5) is 0 Å². The zero-order valence-electron chi connectivity index (χ0n) is 7.55. The second-order valence-corrected chi connectivity index (χ2v) is 3.59. The first-order chi connectivity index (χ1) is 4.89. The number of rotatable bonds is 3. The molecular formula is C8H16O3. The number of methoxy groups -OCH3 is 1. The maximum Gasteiger partial charge on any atom is 0.168 e. The number of carbonyl (C=O) groups excluding carboxylic acids is 1. The Labute approximate surface area is 67.4 Å². The van der Waals surface area contributed by atoms with Crippen molar-refractivity contribution in [1.82, 2.24) is 0 Å². The summed E-state index contributed by atoms with van der Waals surface area (Å²) >= 11 is 0. The molecule has 0 aromatic rings. The minimum atomic E-state index is -0.986. The third-order valence-electron chi connectivity index (χ3n) is 1.37. The van der Waals surface area contributed by atoms with Crippen molar-refractivity contribution < 1.29 is 14.6 Å². The largest absolute Gasteiger partial charge is 0.383 e. The minimum Gasteiger partial charge on any atom is -0.383 e. The number of ketones is 1. The third kappa shape index (κ3) is 3.49. The molecule has 0 heterocycles. The summed E-state index contributed by atoms with van der Waals surface area (Å²) in [5, 5.41) is 9.18. The Morgan fingerprint density at radius 2 is 2.00 bits per heavy atom. The van der Waals surface area contributed by atoms with Gasteiger partial charge < -0.3 is 9.84 Å². The molecule has 0 bridgehead atoms. The van der Waals surface area contributed by atoms with Gasteiger partial charge in [-0.15, -0.1) is 0 Å². The second-order valence-electron chi connectivity index (χ2n) is 3.59. The van der Waals surface area contributed by atoms with Gasteiger partial charge in [-0.1, -0.05) is 20.8 Å². The van der Waals surface area contributed by atoms with E-state index in [1.807, 2.05) is 0 Å². The molecule has 0 aliphatic carbocycles. The SMILES string of the molecule is COC[C@@H](O)C(=O)C(C)(C)C. The summed E-state index contributed by atoms with van der Waals surface area (Å²) in [6, 6.07) is 0. The summed E-state index contributed by atoms with van der Waals surface area (Å²) < 4.78 is 4.65. The summed E-state index contributed by atoms with van der Waals surface area (Å²) in [6.07, 6.45) is -0.986. The quantitative estimate of drug-likeness (QED) is 0.658. The highest BCUT2D eigenvalue weighted by Crippen LogP contribution is 2.16. The van der Waals surface area contributed by atoms with Gasteiger partial charge in [0.05, 0.1) is 6.61 Å². The molecular weight excluding hydrogens is 144 g/mol. The van der Waals surface area contributed by atoms with E-state index in [9.17, 15) is 9.90 Å². The van der Waals surface area contributed by atoms with Crippen LogP contribution in [0.3, 0.4) is 0 Å². The molecule has 0 saturated carbocycles. The molecule has 3 nitrogen and oxygen atoms in total. The molecule has 0 unspecified atom stereocenters. The Morgan fingerprint density at radius 1 is 1.55 bits per heavy atom. The molecule has 0 fully saturated rings. The van der Waals surface area contributed by atoms with Crippen LogP contribution in [0.25, 0.3) is 0 Å². The number of aliphatic hydroxyl groups is 1. The van der Waals surface area contributed by atoms with Crippen molar-refractivity contribution in [3.63, 3.8) is 0 Å². The van der Waals surface area contributed by atoms with E-state index in [-0.39, 0.29) is 12.4 Å². The van der Waals surface area contributed by atoms with Gasteiger partial charge in [-0.3, -0.25) is 4.79 Å². The highest BCUT2D eigenvalue weighted by atomic mass is 16.5. The molecule has 0 radical (unpaired) electrons. The Balaban J connectivity index is 4.03. The van der Waals surface area contributed by atoms with Crippen LogP contribution in [-0.2, 0) is 9.53 Å². The van der Waals surface area contributed by atoms with Gasteiger partial charge in [0.1, 0.15) is 6.10 Å². The molecule has 0 aliphatic rings. The van der Waals surface area contributed by atoms with Crippen molar-refractivity contribution in [2.75, 3.05) is 13.7 Å². The zero-order valence-corrected chi connectivity index (χ0v) is 7.55. The van der Waals surface area contributed by atoms with Crippen LogP contribution >= 0.6 is 0 Å². The minimum absolute atomic E-state index is 0.0795. The summed E-state index contributed by atoms with van der Waals surface area (Å²) in [6.45, 7) is 5.40. The normalized spacial score (nSPS) is 14.6. The molecule has 1 N–H and O–H groups in total. The van der Waals surface area contributed by atoms with Crippen LogP contribution in [0.2, 0.25) is 0 Å². The van der Waals surface area contributed by atoms with Crippen LogP contribution in [0.15, 0.2) is 0 Å². The smallest absolute Gasteiger partial charge is 0.168 e. The molecule has 0 rings (SSSR count). The van der Waals surface area contributed by atoms with Crippen molar-refractivity contribution in [3.05, 3.63) is 0 Å². The van der Waals surface area contributed by atoms with Gasteiger partial charge in [0.25, 0.3) is 0 Å². The first kappa shape index (κ1) is 10.6. The molecule has 0 saturated heterocycles. The van der Waals surface area contributed by atoms with Gasteiger partial charge in [-0.2, -0.15) is 0 Å². The van der Waals surface area contributed by atoms with Crippen LogP contribution in [-0.4, -0.2) is 30.7 Å². The summed E-state index contributed by atoms with van der Waals surface area (Å²) in [5.74, 6) is -0.181. The first-order valence-electron chi connectivity index (χ1n) is 3.61. The summed E-state index contributed by atoms with van der Waals surface area (Å²) in [5.41, 5.74) is -0.488. The molecule has 66 valence electrons. The van der Waals surface area contributed by atoms with E-state index in [0.29, 0.717) is 0 Å². The van der Waals surface area contributed by atoms with Gasteiger partial charge in [0, 0.05) is 12.5 Å². The maximum absolute atomic E-state index is 11.2. The van der Waals surface area contributed by atoms with E-state index in [2.05, 4.69) is 4.74 Å². The van der Waals surface area contributed by atoms with Gasteiger partial charge in [0.15, 0.2) is 5.78 Å². The van der Waals surface area contributed by atoms with Gasteiger partial charge in [0.2, 0.25) is 0 Å². The fraction of sp³-hybridized carbons (Fsp3) is 0.875. The van der Waals surface area contributed by atoms with Crippen LogP contribution in [0.5, 0.6) is 0 Å². The molecule has 0 aliphatic heterocycles. The van der Waals surface area contributed by atoms with Crippen molar-refractivity contribution >= 4 is 5.78 Å². The second kappa shape index (κ2) is 3.83. The fourth-order valence-electron chi connectivity index (χ4n) is 0.733. The van der Waals surface area contributed by atoms with E-state index in [0.717, 1.165) is 0 Å². The number of aliphatic hydroxyl groups excluding tert-OH is 1. The lowest BCUT2D eigenvalue weighted by molar-refractivity contribution is -0.137. The topological polar surface area (TPSA) is 46.5 Å². The van der Waals surface area contributed by atoms with Crippen LogP contribution < -0.4 is 0 Å². The highest BCUT2D eigenvalue weighted by Gasteiger charge is 2.27. The Kier molecular flexibility index (Phi) is 3.69. The van der Waals surface area contributed by atoms with Gasteiger partial charge in [-0.05, 0) is 0 Å². The Morgan fingerprint density at radius 3 is 2.27 bits per heavy atom. The molecule has 0 spiro atoms. The predicted molar refractivity (Wildman–Crippen MR) is 42.3 cm³/mol. The first-order valence-corrected chi connectivity index (χ1v) is 3.61. The van der Waals surface area contributed by atoms with E-state index >= 15 is 0 Å². The summed E-state index contributed by atoms with van der Waals surface area (Å²) in [4.78, 5) is 11.2. The average molecular weight is 160 g/mol. The van der Waals surface area contributed by atoms with E-state index < -0.39 is 11.5 Å². The lowest BCUT2D eigenvalue weighted by Crippen LogP contribution is -2.35. The van der Waals surface area contributed by atoms with Crippen LogP contribution in [0.1, 0.15) is 20.8 Å². The van der Waals surface area contributed by atoms with Gasteiger partial charge in [-0.25, -0.2) is 0 Å². The maximum atomic E-state index is 11.2. The van der Waals surface area contributed by atoms with E-state index in [4.69, 9.17) is 0 Å². The number of hydrogen-bond acceptors (Lipinski definition) is 3. The lowest BCUT2D eigenvalue weighted by atomic mass is 9.88. The Bertz CT molecular complexity index is 135. The lowest BCUT2D eigenvalue weighted by Gasteiger charge is -2.19. The third-order valence-corrected chi connectivity index (χ3v) is 1.37.